The predicted octanol–water partition coefficient (Wildman–Crippen LogP) is 3.14. The van der Waals surface area contributed by atoms with Crippen molar-refractivity contribution >= 4 is 28.6 Å². The Morgan fingerprint density at radius 3 is 3.10 bits per heavy atom. The van der Waals surface area contributed by atoms with Gasteiger partial charge in [0.05, 0.1) is 30.2 Å². The van der Waals surface area contributed by atoms with Gasteiger partial charge in [-0.1, -0.05) is 11.8 Å². The van der Waals surface area contributed by atoms with Crippen LogP contribution in [-0.4, -0.2) is 28.6 Å². The van der Waals surface area contributed by atoms with E-state index in [1.807, 2.05) is 18.2 Å². The maximum Gasteiger partial charge on any atom is 0.208 e. The van der Waals surface area contributed by atoms with Crippen LogP contribution in [0.3, 0.4) is 0 Å². The maximum atomic E-state index is 11.8. The number of imidazole rings is 1. The van der Waals surface area contributed by atoms with Crippen molar-refractivity contribution in [1.29, 1.82) is 0 Å². The highest BCUT2D eigenvalue weighted by Crippen LogP contribution is 2.23. The Morgan fingerprint density at radius 1 is 1.45 bits per heavy atom. The van der Waals surface area contributed by atoms with Crippen molar-refractivity contribution in [3.63, 3.8) is 0 Å². The van der Waals surface area contributed by atoms with E-state index in [0.717, 1.165) is 16.8 Å². The lowest BCUT2D eigenvalue weighted by atomic mass is 10.3. The average molecular weight is 288 g/mol. The summed E-state index contributed by atoms with van der Waals surface area (Å²) in [6, 6.07) is 8.97. The van der Waals surface area contributed by atoms with Gasteiger partial charge in [0.1, 0.15) is 5.75 Å². The highest BCUT2D eigenvalue weighted by atomic mass is 32.2. The predicted molar refractivity (Wildman–Crippen MR) is 76.4 cm³/mol. The molecule has 0 fully saturated rings. The summed E-state index contributed by atoms with van der Waals surface area (Å²) in [6.45, 7) is 0. The summed E-state index contributed by atoms with van der Waals surface area (Å²) < 4.78 is 10.2. The Morgan fingerprint density at radius 2 is 2.35 bits per heavy atom. The van der Waals surface area contributed by atoms with Crippen LogP contribution in [-0.2, 0) is 0 Å². The van der Waals surface area contributed by atoms with Gasteiger partial charge >= 0.3 is 0 Å². The quantitative estimate of drug-likeness (QED) is 0.577. The summed E-state index contributed by atoms with van der Waals surface area (Å²) in [4.78, 5) is 19.4. The first-order valence-corrected chi connectivity index (χ1v) is 6.98. The van der Waals surface area contributed by atoms with Gasteiger partial charge in [0.2, 0.25) is 5.78 Å². The molecule has 0 saturated heterocycles. The van der Waals surface area contributed by atoms with Gasteiger partial charge in [-0.05, 0) is 24.3 Å². The first-order chi connectivity index (χ1) is 9.76. The molecule has 0 unspecified atom stereocenters. The lowest BCUT2D eigenvalue weighted by Gasteiger charge is -1.96. The van der Waals surface area contributed by atoms with Crippen LogP contribution in [0, 0.1) is 0 Å². The first-order valence-electron chi connectivity index (χ1n) is 5.99. The van der Waals surface area contributed by atoms with Crippen molar-refractivity contribution in [3.05, 3.63) is 42.4 Å². The molecule has 3 aromatic rings. The van der Waals surface area contributed by atoms with E-state index < -0.39 is 0 Å². The summed E-state index contributed by atoms with van der Waals surface area (Å²) in [6.07, 6.45) is 1.49. The van der Waals surface area contributed by atoms with Crippen molar-refractivity contribution in [2.75, 3.05) is 12.9 Å². The normalized spacial score (nSPS) is 10.8. The molecule has 0 atom stereocenters. The summed E-state index contributed by atoms with van der Waals surface area (Å²) in [5, 5.41) is 0.702. The smallest absolute Gasteiger partial charge is 0.208 e. The number of rotatable bonds is 5. The van der Waals surface area contributed by atoms with E-state index in [9.17, 15) is 4.79 Å². The van der Waals surface area contributed by atoms with Crippen LogP contribution in [0.4, 0.5) is 0 Å². The van der Waals surface area contributed by atoms with Gasteiger partial charge in [0.25, 0.3) is 0 Å². The molecule has 0 aliphatic rings. The molecular formula is C14H12N2O3S. The number of fused-ring (bicyclic) bond motifs is 1. The fraction of sp³-hybridized carbons (Fsp3) is 0.143. The van der Waals surface area contributed by atoms with Gasteiger partial charge in [0, 0.05) is 6.07 Å². The van der Waals surface area contributed by atoms with Crippen molar-refractivity contribution in [2.45, 2.75) is 5.16 Å². The molecule has 2 aromatic heterocycles. The van der Waals surface area contributed by atoms with Gasteiger partial charge < -0.3 is 14.1 Å². The zero-order valence-electron chi connectivity index (χ0n) is 10.8. The first kappa shape index (κ1) is 12.8. The Kier molecular flexibility index (Phi) is 3.47. The number of methoxy groups -OCH3 is 1. The van der Waals surface area contributed by atoms with Crippen LogP contribution >= 0.6 is 11.8 Å². The van der Waals surface area contributed by atoms with E-state index in [4.69, 9.17) is 9.15 Å². The van der Waals surface area contributed by atoms with Gasteiger partial charge in [0.15, 0.2) is 10.9 Å². The second kappa shape index (κ2) is 5.42. The van der Waals surface area contributed by atoms with Crippen molar-refractivity contribution in [2.24, 2.45) is 0 Å². The van der Waals surface area contributed by atoms with Crippen LogP contribution in [0.15, 0.2) is 46.2 Å². The van der Waals surface area contributed by atoms with Gasteiger partial charge in [-0.3, -0.25) is 4.79 Å². The largest absolute Gasteiger partial charge is 0.497 e. The number of benzene rings is 1. The Balaban J connectivity index is 1.73. The molecule has 20 heavy (non-hydrogen) atoms. The third-order valence-electron chi connectivity index (χ3n) is 2.80. The number of aromatic amines is 1. The number of nitrogens with one attached hydrogen (secondary N) is 1. The minimum Gasteiger partial charge on any atom is -0.497 e. The van der Waals surface area contributed by atoms with Crippen LogP contribution in [0.25, 0.3) is 11.0 Å². The monoisotopic (exact) mass is 288 g/mol. The number of thioether (sulfide) groups is 1. The Labute approximate surface area is 119 Å². The number of furan rings is 1. The molecule has 0 saturated carbocycles. The van der Waals surface area contributed by atoms with Gasteiger partial charge in [-0.2, -0.15) is 0 Å². The van der Waals surface area contributed by atoms with Gasteiger partial charge in [-0.15, -0.1) is 0 Å². The number of ketones is 1. The molecule has 2 heterocycles. The molecule has 1 N–H and O–H groups in total. The SMILES string of the molecule is COc1ccc2nc(SCC(=O)c3ccco3)[nH]c2c1. The van der Waals surface area contributed by atoms with E-state index in [1.54, 1.807) is 19.2 Å². The Bertz CT molecular complexity index is 734. The van der Waals surface area contributed by atoms with Crippen LogP contribution < -0.4 is 4.74 Å². The van der Waals surface area contributed by atoms with Crippen LogP contribution in [0.5, 0.6) is 5.75 Å². The minimum absolute atomic E-state index is 0.0574. The maximum absolute atomic E-state index is 11.8. The van der Waals surface area contributed by atoms with Crippen molar-refractivity contribution in [3.8, 4) is 5.75 Å². The molecule has 0 radical (unpaired) electrons. The van der Waals surface area contributed by atoms with Crippen molar-refractivity contribution < 1.29 is 13.9 Å². The summed E-state index contributed by atoms with van der Waals surface area (Å²) >= 11 is 1.35. The minimum atomic E-state index is -0.0574. The van der Waals surface area contributed by atoms with E-state index in [2.05, 4.69) is 9.97 Å². The molecule has 5 nitrogen and oxygen atoms in total. The molecule has 0 spiro atoms. The second-order valence-electron chi connectivity index (χ2n) is 4.11. The molecule has 102 valence electrons. The van der Waals surface area contributed by atoms with Crippen LogP contribution in [0.2, 0.25) is 0 Å². The zero-order valence-corrected chi connectivity index (χ0v) is 11.6. The second-order valence-corrected chi connectivity index (χ2v) is 5.08. The lowest BCUT2D eigenvalue weighted by Crippen LogP contribution is -2.00. The third-order valence-corrected chi connectivity index (χ3v) is 3.68. The molecule has 0 bridgehead atoms. The molecule has 1 aromatic carbocycles. The summed E-state index contributed by atoms with van der Waals surface area (Å²) in [5.41, 5.74) is 1.73. The van der Waals surface area contributed by atoms with Crippen LogP contribution in [0.1, 0.15) is 10.6 Å². The fourth-order valence-electron chi connectivity index (χ4n) is 1.80. The van der Waals surface area contributed by atoms with Crippen molar-refractivity contribution in [1.82, 2.24) is 9.97 Å². The molecule has 0 aliphatic carbocycles. The highest BCUT2D eigenvalue weighted by molar-refractivity contribution is 7.99. The number of hydrogen-bond acceptors (Lipinski definition) is 5. The number of ether oxygens (including phenoxy) is 1. The third kappa shape index (κ3) is 2.55. The van der Waals surface area contributed by atoms with E-state index >= 15 is 0 Å². The average Bonchev–Trinajstić information content (AvgIpc) is 3.12. The number of H-pyrrole nitrogens is 1. The number of nitrogens with zero attached hydrogens (tertiary/aromatic N) is 1. The zero-order chi connectivity index (χ0) is 13.9. The number of carbonyl (C=O) groups excluding carboxylic acids is 1. The van der Waals surface area contributed by atoms with E-state index in [1.165, 1.54) is 18.0 Å². The molecule has 0 aliphatic heterocycles. The number of hydrogen-bond donors (Lipinski definition) is 1. The number of aromatic nitrogens is 2. The molecular weight excluding hydrogens is 276 g/mol. The number of carbonyl (C=O) groups is 1. The molecule has 0 amide bonds. The van der Waals surface area contributed by atoms with E-state index in [-0.39, 0.29) is 11.5 Å². The Hall–Kier alpha value is -2.21. The summed E-state index contributed by atoms with van der Waals surface area (Å²) in [5.74, 6) is 1.36. The molecule has 3 rings (SSSR count). The molecule has 6 heteroatoms. The fourth-order valence-corrected chi connectivity index (χ4v) is 2.56. The lowest BCUT2D eigenvalue weighted by molar-refractivity contribution is 0.0992. The van der Waals surface area contributed by atoms with Gasteiger partial charge in [-0.25, -0.2) is 4.98 Å². The van der Waals surface area contributed by atoms with E-state index in [0.29, 0.717) is 10.9 Å². The standard InChI is InChI=1S/C14H12N2O3S/c1-18-9-4-5-10-11(7-9)16-14(15-10)20-8-12(17)13-3-2-6-19-13/h2-7H,8H2,1H3,(H,15,16). The summed E-state index contributed by atoms with van der Waals surface area (Å²) in [7, 11) is 1.62. The highest BCUT2D eigenvalue weighted by Gasteiger charge is 2.11. The topological polar surface area (TPSA) is 68.1 Å². The number of Topliss-reactive ketones (excluding diaryl/α,β-unsaturated/α-hetero) is 1.